The van der Waals surface area contributed by atoms with Gasteiger partial charge in [0.1, 0.15) is 0 Å². The molecule has 1 aromatic rings. The summed E-state index contributed by atoms with van der Waals surface area (Å²) in [6, 6.07) is 5.93. The second kappa shape index (κ2) is 8.35. The third-order valence-corrected chi connectivity index (χ3v) is 3.35. The predicted molar refractivity (Wildman–Crippen MR) is 72.3 cm³/mol. The summed E-state index contributed by atoms with van der Waals surface area (Å²) in [5.74, 6) is 0.879. The number of rotatable bonds is 7. The fraction of sp³-hybridized carbons (Fsp3) is 0.500. The van der Waals surface area contributed by atoms with Crippen LogP contribution in [0.5, 0.6) is 0 Å². The van der Waals surface area contributed by atoms with Crippen LogP contribution in [0.3, 0.4) is 0 Å². The van der Waals surface area contributed by atoms with Crippen LogP contribution in [0.15, 0.2) is 23.4 Å². The molecule has 0 fully saturated rings. The zero-order chi connectivity index (χ0) is 12.5. The number of aromatic nitrogens is 1. The number of nitriles is 1. The van der Waals surface area contributed by atoms with Crippen LogP contribution < -0.4 is 5.32 Å². The molecule has 3 nitrogen and oxygen atoms in total. The molecule has 0 saturated carbocycles. The van der Waals surface area contributed by atoms with Crippen LogP contribution in [0, 0.1) is 11.3 Å². The molecule has 17 heavy (non-hydrogen) atoms. The Bertz CT molecular complexity index is 361. The van der Waals surface area contributed by atoms with E-state index in [0.717, 1.165) is 30.2 Å². The van der Waals surface area contributed by atoms with Gasteiger partial charge >= 0.3 is 0 Å². The van der Waals surface area contributed by atoms with Crippen molar-refractivity contribution in [1.29, 1.82) is 5.26 Å². The molecule has 0 aliphatic rings. The van der Waals surface area contributed by atoms with E-state index in [9.17, 15) is 0 Å². The molecule has 0 amide bonds. The molecule has 1 rings (SSSR count). The van der Waals surface area contributed by atoms with E-state index in [-0.39, 0.29) is 6.04 Å². The summed E-state index contributed by atoms with van der Waals surface area (Å²) >= 11 is 7.40. The summed E-state index contributed by atoms with van der Waals surface area (Å²) in [5.41, 5.74) is 0. The van der Waals surface area contributed by atoms with Gasteiger partial charge in [-0.15, -0.1) is 11.8 Å². The van der Waals surface area contributed by atoms with E-state index in [2.05, 4.69) is 23.3 Å². The lowest BCUT2D eigenvalue weighted by molar-refractivity contribution is 0.585. The molecule has 0 bridgehead atoms. The first-order valence-electron chi connectivity index (χ1n) is 5.63. The quantitative estimate of drug-likeness (QED) is 0.773. The number of hydrogen-bond donors (Lipinski definition) is 1. The Labute approximate surface area is 112 Å². The second-order valence-electron chi connectivity index (χ2n) is 3.59. The molecule has 92 valence electrons. The van der Waals surface area contributed by atoms with E-state index in [1.807, 2.05) is 12.1 Å². The molecule has 5 heteroatoms. The van der Waals surface area contributed by atoms with Crippen molar-refractivity contribution >= 4 is 23.4 Å². The van der Waals surface area contributed by atoms with Gasteiger partial charge in [-0.2, -0.15) is 5.26 Å². The molecule has 0 aliphatic carbocycles. The van der Waals surface area contributed by atoms with Crippen molar-refractivity contribution in [2.75, 3.05) is 12.3 Å². The highest BCUT2D eigenvalue weighted by Gasteiger charge is 2.05. The van der Waals surface area contributed by atoms with Gasteiger partial charge in [0.2, 0.25) is 0 Å². The van der Waals surface area contributed by atoms with Gasteiger partial charge < -0.3 is 5.32 Å². The highest BCUT2D eigenvalue weighted by atomic mass is 35.5. The SMILES string of the molecule is CCCNC(C#N)CCSc1ccc(Cl)cn1. The molecule has 0 aromatic carbocycles. The number of thioether (sulfide) groups is 1. The first-order chi connectivity index (χ1) is 8.26. The van der Waals surface area contributed by atoms with Crippen LogP contribution in [-0.4, -0.2) is 23.3 Å². The van der Waals surface area contributed by atoms with Crippen LogP contribution >= 0.6 is 23.4 Å². The largest absolute Gasteiger partial charge is 0.302 e. The Morgan fingerprint density at radius 2 is 2.41 bits per heavy atom. The van der Waals surface area contributed by atoms with Gasteiger partial charge in [-0.25, -0.2) is 4.98 Å². The predicted octanol–water partition coefficient (Wildman–Crippen LogP) is 3.11. The molecule has 1 N–H and O–H groups in total. The van der Waals surface area contributed by atoms with E-state index < -0.39 is 0 Å². The number of pyridine rings is 1. The van der Waals surface area contributed by atoms with Crippen molar-refractivity contribution in [2.45, 2.75) is 30.8 Å². The fourth-order valence-corrected chi connectivity index (χ4v) is 2.23. The standard InChI is InChI=1S/C12H16ClN3S/c1-2-6-15-11(8-14)5-7-17-12-4-3-10(13)9-16-12/h3-4,9,11,15H,2,5-7H2,1H3. The Kier molecular flexibility index (Phi) is 7.02. The number of halogens is 1. The fourth-order valence-electron chi connectivity index (χ4n) is 1.26. The summed E-state index contributed by atoms with van der Waals surface area (Å²) in [5, 5.41) is 13.7. The van der Waals surface area contributed by atoms with E-state index >= 15 is 0 Å². The molecule has 0 saturated heterocycles. The van der Waals surface area contributed by atoms with Gasteiger partial charge in [0.15, 0.2) is 0 Å². The van der Waals surface area contributed by atoms with Crippen LogP contribution in [0.1, 0.15) is 19.8 Å². The molecule has 0 spiro atoms. The summed E-state index contributed by atoms with van der Waals surface area (Å²) < 4.78 is 0. The van der Waals surface area contributed by atoms with E-state index in [4.69, 9.17) is 16.9 Å². The van der Waals surface area contributed by atoms with E-state index in [1.165, 1.54) is 0 Å². The van der Waals surface area contributed by atoms with Crippen LogP contribution in [-0.2, 0) is 0 Å². The topological polar surface area (TPSA) is 48.7 Å². The number of nitrogens with one attached hydrogen (secondary N) is 1. The number of hydrogen-bond acceptors (Lipinski definition) is 4. The molecule has 1 unspecified atom stereocenters. The maximum absolute atomic E-state index is 8.93. The minimum absolute atomic E-state index is 0.0604. The van der Waals surface area contributed by atoms with Crippen LogP contribution in [0.25, 0.3) is 0 Å². The lowest BCUT2D eigenvalue weighted by Crippen LogP contribution is -2.28. The van der Waals surface area contributed by atoms with Gasteiger partial charge in [-0.3, -0.25) is 0 Å². The average molecular weight is 270 g/mol. The first-order valence-corrected chi connectivity index (χ1v) is 7.00. The van der Waals surface area contributed by atoms with Crippen molar-refractivity contribution in [3.8, 4) is 6.07 Å². The molecule has 1 aromatic heterocycles. The Morgan fingerprint density at radius 3 is 3.00 bits per heavy atom. The van der Waals surface area contributed by atoms with Crippen molar-refractivity contribution in [3.05, 3.63) is 23.4 Å². The Hall–Kier alpha value is -0.760. The zero-order valence-electron chi connectivity index (χ0n) is 9.82. The lowest BCUT2D eigenvalue weighted by Gasteiger charge is -2.09. The lowest BCUT2D eigenvalue weighted by atomic mass is 10.2. The Morgan fingerprint density at radius 1 is 1.59 bits per heavy atom. The van der Waals surface area contributed by atoms with Gasteiger partial charge in [-0.1, -0.05) is 18.5 Å². The highest BCUT2D eigenvalue weighted by Crippen LogP contribution is 2.18. The molecule has 0 aliphatic heterocycles. The third kappa shape index (κ3) is 5.92. The van der Waals surface area contributed by atoms with Crippen molar-refractivity contribution in [2.24, 2.45) is 0 Å². The molecule has 1 heterocycles. The molecular formula is C12H16ClN3S. The molecule has 0 radical (unpaired) electrons. The van der Waals surface area contributed by atoms with Crippen molar-refractivity contribution in [3.63, 3.8) is 0 Å². The minimum atomic E-state index is -0.0604. The van der Waals surface area contributed by atoms with Crippen LogP contribution in [0.2, 0.25) is 5.02 Å². The number of nitrogens with zero attached hydrogens (tertiary/aromatic N) is 2. The smallest absolute Gasteiger partial charge is 0.0961 e. The van der Waals surface area contributed by atoms with Gasteiger partial charge in [0.05, 0.1) is 22.2 Å². The Balaban J connectivity index is 2.26. The maximum Gasteiger partial charge on any atom is 0.0961 e. The average Bonchev–Trinajstić information content (AvgIpc) is 2.36. The summed E-state index contributed by atoms with van der Waals surface area (Å²) in [7, 11) is 0. The minimum Gasteiger partial charge on any atom is -0.302 e. The third-order valence-electron chi connectivity index (χ3n) is 2.15. The highest BCUT2D eigenvalue weighted by molar-refractivity contribution is 7.99. The summed E-state index contributed by atoms with van der Waals surface area (Å²) in [4.78, 5) is 4.19. The van der Waals surface area contributed by atoms with Crippen LogP contribution in [0.4, 0.5) is 0 Å². The van der Waals surface area contributed by atoms with E-state index in [1.54, 1.807) is 18.0 Å². The van der Waals surface area contributed by atoms with Gasteiger partial charge in [0, 0.05) is 11.9 Å². The summed E-state index contributed by atoms with van der Waals surface area (Å²) in [6.45, 7) is 2.98. The molecular weight excluding hydrogens is 254 g/mol. The van der Waals surface area contributed by atoms with Gasteiger partial charge in [-0.05, 0) is 31.5 Å². The monoisotopic (exact) mass is 269 g/mol. The van der Waals surface area contributed by atoms with Crippen molar-refractivity contribution in [1.82, 2.24) is 10.3 Å². The second-order valence-corrected chi connectivity index (χ2v) is 5.14. The maximum atomic E-state index is 8.93. The summed E-state index contributed by atoms with van der Waals surface area (Å²) in [6.07, 6.45) is 3.51. The first kappa shape index (κ1) is 14.3. The van der Waals surface area contributed by atoms with E-state index in [0.29, 0.717) is 5.02 Å². The van der Waals surface area contributed by atoms with Crippen molar-refractivity contribution < 1.29 is 0 Å². The zero-order valence-corrected chi connectivity index (χ0v) is 11.4. The van der Waals surface area contributed by atoms with Gasteiger partial charge in [0.25, 0.3) is 0 Å². The molecule has 1 atom stereocenters. The normalized spacial score (nSPS) is 12.1.